The van der Waals surface area contributed by atoms with Crippen LogP contribution in [-0.2, 0) is 0 Å². The molecule has 0 spiro atoms. The van der Waals surface area contributed by atoms with Gasteiger partial charge in [0.05, 0.1) is 6.04 Å². The molecular formula is C5H10N4. The molecule has 0 unspecified atom stereocenters. The molecule has 50 valence electrons. The van der Waals surface area contributed by atoms with Gasteiger partial charge in [-0.3, -0.25) is 0 Å². The fourth-order valence-electron chi connectivity index (χ4n) is 0.914. The van der Waals surface area contributed by atoms with Gasteiger partial charge < -0.3 is 4.90 Å². The van der Waals surface area contributed by atoms with Crippen molar-refractivity contribution in [1.29, 1.82) is 0 Å². The lowest BCUT2D eigenvalue weighted by molar-refractivity contribution is 0.391. The summed E-state index contributed by atoms with van der Waals surface area (Å²) in [7, 11) is 4.00. The van der Waals surface area contributed by atoms with Crippen molar-refractivity contribution in [3.05, 3.63) is 10.4 Å². The third-order valence-electron chi connectivity index (χ3n) is 1.59. The summed E-state index contributed by atoms with van der Waals surface area (Å²) in [5, 5.41) is 3.58. The van der Waals surface area contributed by atoms with Crippen LogP contribution in [0.2, 0.25) is 0 Å². The molecule has 0 radical (unpaired) electrons. The van der Waals surface area contributed by atoms with E-state index in [-0.39, 0.29) is 6.04 Å². The quantitative estimate of drug-likeness (QED) is 0.309. The molecule has 9 heavy (non-hydrogen) atoms. The van der Waals surface area contributed by atoms with Crippen molar-refractivity contribution in [1.82, 2.24) is 4.90 Å². The highest BCUT2D eigenvalue weighted by atomic mass is 15.2. The van der Waals surface area contributed by atoms with E-state index in [2.05, 4.69) is 14.9 Å². The lowest BCUT2D eigenvalue weighted by Gasteiger charge is -2.05. The molecule has 4 heteroatoms. The zero-order valence-corrected chi connectivity index (χ0v) is 5.65. The van der Waals surface area contributed by atoms with E-state index in [0.717, 1.165) is 6.42 Å². The van der Waals surface area contributed by atoms with Crippen molar-refractivity contribution in [3.8, 4) is 0 Å². The molecule has 0 aliphatic heterocycles. The van der Waals surface area contributed by atoms with Crippen molar-refractivity contribution in [2.24, 2.45) is 5.11 Å². The third kappa shape index (κ3) is 1.34. The predicted octanol–water partition coefficient (Wildman–Crippen LogP) is 0.999. The Kier molecular flexibility index (Phi) is 1.60. The van der Waals surface area contributed by atoms with Crippen molar-refractivity contribution in [2.75, 3.05) is 14.1 Å². The highest BCUT2D eigenvalue weighted by Crippen LogP contribution is 2.29. The summed E-state index contributed by atoms with van der Waals surface area (Å²) in [6.07, 6.45) is 1.02. The summed E-state index contributed by atoms with van der Waals surface area (Å²) in [4.78, 5) is 4.81. The smallest absolute Gasteiger partial charge is 0.0544 e. The lowest BCUT2D eigenvalue weighted by Crippen LogP contribution is -2.16. The van der Waals surface area contributed by atoms with Crippen molar-refractivity contribution >= 4 is 0 Å². The number of nitrogens with zero attached hydrogens (tertiary/aromatic N) is 4. The van der Waals surface area contributed by atoms with Gasteiger partial charge in [0.2, 0.25) is 0 Å². The zero-order valence-electron chi connectivity index (χ0n) is 5.65. The highest BCUT2D eigenvalue weighted by molar-refractivity contribution is 4.99. The minimum atomic E-state index is 0.241. The Morgan fingerprint density at radius 2 is 2.33 bits per heavy atom. The van der Waals surface area contributed by atoms with E-state index in [0.29, 0.717) is 6.04 Å². The van der Waals surface area contributed by atoms with Crippen LogP contribution in [0.5, 0.6) is 0 Å². The lowest BCUT2D eigenvalue weighted by atomic mass is 10.6. The van der Waals surface area contributed by atoms with Gasteiger partial charge in [-0.1, -0.05) is 5.11 Å². The van der Waals surface area contributed by atoms with Gasteiger partial charge in [0, 0.05) is 11.0 Å². The fraction of sp³-hybridized carbons (Fsp3) is 1.00. The van der Waals surface area contributed by atoms with Crippen LogP contribution in [0.3, 0.4) is 0 Å². The van der Waals surface area contributed by atoms with Crippen LogP contribution >= 0.6 is 0 Å². The standard InChI is InChI=1S/C5H10N4/c1-9(2)5-3-4(5)7-8-6/h4-5H,3H2,1-2H3/t4-,5-/m1/s1. The van der Waals surface area contributed by atoms with Gasteiger partial charge in [0.15, 0.2) is 0 Å². The van der Waals surface area contributed by atoms with Gasteiger partial charge in [-0.25, -0.2) is 0 Å². The molecule has 0 aromatic rings. The van der Waals surface area contributed by atoms with Crippen LogP contribution in [0.4, 0.5) is 0 Å². The van der Waals surface area contributed by atoms with E-state index in [4.69, 9.17) is 5.53 Å². The van der Waals surface area contributed by atoms with E-state index >= 15 is 0 Å². The van der Waals surface area contributed by atoms with Crippen molar-refractivity contribution < 1.29 is 0 Å². The Labute approximate surface area is 54.1 Å². The molecule has 4 nitrogen and oxygen atoms in total. The summed E-state index contributed by atoms with van der Waals surface area (Å²) in [6.45, 7) is 0. The maximum absolute atomic E-state index is 8.02. The van der Waals surface area contributed by atoms with E-state index in [1.54, 1.807) is 0 Å². The Hall–Kier alpha value is -0.730. The molecule has 1 saturated carbocycles. The molecule has 0 aromatic heterocycles. The van der Waals surface area contributed by atoms with Crippen LogP contribution in [-0.4, -0.2) is 31.1 Å². The van der Waals surface area contributed by atoms with Gasteiger partial charge in [-0.05, 0) is 26.0 Å². The molecule has 0 bridgehead atoms. The first-order valence-corrected chi connectivity index (χ1v) is 2.96. The Morgan fingerprint density at radius 1 is 1.67 bits per heavy atom. The second kappa shape index (κ2) is 2.25. The summed E-state index contributed by atoms with van der Waals surface area (Å²) < 4.78 is 0. The third-order valence-corrected chi connectivity index (χ3v) is 1.59. The maximum Gasteiger partial charge on any atom is 0.0544 e. The van der Waals surface area contributed by atoms with Crippen LogP contribution in [0.1, 0.15) is 6.42 Å². The predicted molar refractivity (Wildman–Crippen MR) is 35.0 cm³/mol. The Bertz CT molecular complexity index is 147. The van der Waals surface area contributed by atoms with Crippen molar-refractivity contribution in [2.45, 2.75) is 18.5 Å². The number of rotatable bonds is 2. The topological polar surface area (TPSA) is 52.0 Å². The molecule has 0 amide bonds. The van der Waals surface area contributed by atoms with Gasteiger partial charge in [-0.2, -0.15) is 0 Å². The van der Waals surface area contributed by atoms with Gasteiger partial charge >= 0.3 is 0 Å². The molecule has 2 atom stereocenters. The number of hydrogen-bond donors (Lipinski definition) is 0. The Morgan fingerprint density at radius 3 is 2.67 bits per heavy atom. The van der Waals surface area contributed by atoms with Gasteiger partial charge in [-0.15, -0.1) is 0 Å². The summed E-state index contributed by atoms with van der Waals surface area (Å²) in [5.74, 6) is 0. The normalized spacial score (nSPS) is 31.9. The first-order valence-electron chi connectivity index (χ1n) is 2.96. The molecule has 1 aliphatic carbocycles. The van der Waals surface area contributed by atoms with Crippen LogP contribution in [0.25, 0.3) is 10.4 Å². The monoisotopic (exact) mass is 126 g/mol. The fourth-order valence-corrected chi connectivity index (χ4v) is 0.914. The maximum atomic E-state index is 8.02. The van der Waals surface area contributed by atoms with Crippen LogP contribution in [0, 0.1) is 0 Å². The first kappa shape index (κ1) is 6.39. The SMILES string of the molecule is CN(C)[C@@H]1C[C@H]1N=[N+]=[N-]. The molecule has 1 fully saturated rings. The average Bonchev–Trinajstić information content (AvgIpc) is 2.47. The molecular weight excluding hydrogens is 116 g/mol. The van der Waals surface area contributed by atoms with Crippen LogP contribution < -0.4 is 0 Å². The first-order chi connectivity index (χ1) is 4.25. The van der Waals surface area contributed by atoms with E-state index < -0.39 is 0 Å². The molecule has 1 aliphatic rings. The Balaban J connectivity index is 2.32. The molecule has 0 N–H and O–H groups in total. The number of azide groups is 1. The van der Waals surface area contributed by atoms with Gasteiger partial charge in [0.25, 0.3) is 0 Å². The average molecular weight is 126 g/mol. The molecule has 0 saturated heterocycles. The van der Waals surface area contributed by atoms with E-state index in [1.165, 1.54) is 0 Å². The molecule has 0 aromatic carbocycles. The van der Waals surface area contributed by atoms with Crippen molar-refractivity contribution in [3.63, 3.8) is 0 Å². The summed E-state index contributed by atoms with van der Waals surface area (Å²) >= 11 is 0. The second-order valence-corrected chi connectivity index (χ2v) is 2.54. The minimum absolute atomic E-state index is 0.241. The molecule has 0 heterocycles. The summed E-state index contributed by atoms with van der Waals surface area (Å²) in [5.41, 5.74) is 8.02. The largest absolute Gasteiger partial charge is 0.306 e. The number of hydrogen-bond acceptors (Lipinski definition) is 2. The summed E-state index contributed by atoms with van der Waals surface area (Å²) in [6, 6.07) is 0.742. The minimum Gasteiger partial charge on any atom is -0.306 e. The number of likely N-dealkylation sites (N-methyl/N-ethyl adjacent to an activating group) is 1. The second-order valence-electron chi connectivity index (χ2n) is 2.54. The highest BCUT2D eigenvalue weighted by Gasteiger charge is 2.37. The van der Waals surface area contributed by atoms with Crippen LogP contribution in [0.15, 0.2) is 5.11 Å². The van der Waals surface area contributed by atoms with Gasteiger partial charge in [0.1, 0.15) is 0 Å². The van der Waals surface area contributed by atoms with E-state index in [1.807, 2.05) is 14.1 Å². The zero-order chi connectivity index (χ0) is 6.85. The molecule has 1 rings (SSSR count). The van der Waals surface area contributed by atoms with E-state index in [9.17, 15) is 0 Å².